The van der Waals surface area contributed by atoms with Crippen molar-refractivity contribution in [3.8, 4) is 12.1 Å². The summed E-state index contributed by atoms with van der Waals surface area (Å²) >= 11 is 0. The normalized spacial score (nSPS) is 28.1. The highest BCUT2D eigenvalue weighted by molar-refractivity contribution is 7.48. The highest BCUT2D eigenvalue weighted by atomic mass is 31.2. The van der Waals surface area contributed by atoms with E-state index in [4.69, 9.17) is 42.6 Å². The number of phosphoric acid groups is 2. The molecule has 2 fully saturated rings. The van der Waals surface area contributed by atoms with Crippen LogP contribution in [0.2, 0.25) is 0 Å². The summed E-state index contributed by atoms with van der Waals surface area (Å²) in [5.74, 6) is 0. The van der Waals surface area contributed by atoms with Crippen molar-refractivity contribution in [3.63, 3.8) is 0 Å². The Morgan fingerprint density at radius 1 is 0.811 bits per heavy atom. The quantitative estimate of drug-likeness (QED) is 0.0890. The van der Waals surface area contributed by atoms with Crippen molar-refractivity contribution in [1.82, 2.24) is 39.0 Å². The van der Waals surface area contributed by atoms with Gasteiger partial charge < -0.3 is 29.4 Å². The summed E-state index contributed by atoms with van der Waals surface area (Å²) in [5, 5.41) is 27.8. The van der Waals surface area contributed by atoms with Crippen molar-refractivity contribution in [2.45, 2.75) is 62.1 Å². The number of aliphatic hydroxyl groups excluding tert-OH is 1. The fourth-order valence-corrected chi connectivity index (χ4v) is 7.81. The number of halogens is 2. The number of phosphoric ester groups is 2. The van der Waals surface area contributed by atoms with Gasteiger partial charge in [0, 0.05) is 0 Å². The van der Waals surface area contributed by atoms with Crippen LogP contribution in [0, 0.1) is 22.7 Å². The molecule has 0 aromatic carbocycles. The van der Waals surface area contributed by atoms with Crippen LogP contribution in [0.3, 0.4) is 0 Å². The highest BCUT2D eigenvalue weighted by Gasteiger charge is 2.54. The first-order valence-corrected chi connectivity index (χ1v) is 18.3. The Morgan fingerprint density at radius 2 is 1.32 bits per heavy atom. The number of aliphatic hydroxyl groups is 1. The largest absolute Gasteiger partial charge is 0.475 e. The lowest BCUT2D eigenvalue weighted by Crippen LogP contribution is -2.35. The summed E-state index contributed by atoms with van der Waals surface area (Å²) < 4.78 is 98.5. The number of nitrogens with zero attached hydrogens (tertiary/aromatic N) is 8. The molecule has 4 aromatic heterocycles. The molecule has 0 spiro atoms. The number of imidazole rings is 2. The number of hydrogen-bond donors (Lipinski definition) is 4. The van der Waals surface area contributed by atoms with Crippen molar-refractivity contribution in [3.05, 3.63) is 46.0 Å². The lowest BCUT2D eigenvalue weighted by molar-refractivity contribution is -0.0588. The van der Waals surface area contributed by atoms with Crippen molar-refractivity contribution in [2.75, 3.05) is 26.4 Å². The van der Waals surface area contributed by atoms with Gasteiger partial charge in [-0.25, -0.2) is 37.8 Å². The first kappa shape index (κ1) is 38.4. The lowest BCUT2D eigenvalue weighted by Gasteiger charge is -2.26. The van der Waals surface area contributed by atoms with Gasteiger partial charge in [0.05, 0.1) is 76.7 Å². The van der Waals surface area contributed by atoms with Crippen LogP contribution < -0.4 is 11.1 Å². The topological polar surface area (TPSA) is 314 Å². The molecule has 2 aliphatic rings. The zero-order valence-electron chi connectivity index (χ0n) is 26.8. The molecule has 6 rings (SSSR count). The first-order valence-electron chi connectivity index (χ1n) is 15.4. The van der Waals surface area contributed by atoms with Gasteiger partial charge in [-0.2, -0.15) is 10.5 Å². The molecule has 0 bridgehead atoms. The lowest BCUT2D eigenvalue weighted by atomic mass is 10.1. The number of hydrogen-bond acceptors (Lipinski definition) is 18. The third kappa shape index (κ3) is 7.96. The van der Waals surface area contributed by atoms with E-state index in [0.717, 1.165) is 34.4 Å². The SMILES string of the molecule is N#CCCOP(=O)(O)O[C@@H]1C(COP(=O)(OCCC#N)O[C@@H]2C(CO)OC(n3cnc4c(=O)[nH]cnc43)[C@@H]2F)OC(n2cnc3c(=O)[nH]cnc32)[C@@H]1F. The Balaban J connectivity index is 1.26. The summed E-state index contributed by atoms with van der Waals surface area (Å²) in [6.07, 6.45) is -11.8. The number of alkyl halides is 2. The Labute approximate surface area is 294 Å². The predicted molar refractivity (Wildman–Crippen MR) is 166 cm³/mol. The van der Waals surface area contributed by atoms with Gasteiger partial charge in [-0.3, -0.25) is 41.3 Å². The maximum Gasteiger partial charge on any atom is 0.475 e. The number of nitriles is 2. The van der Waals surface area contributed by atoms with Gasteiger partial charge in [0.15, 0.2) is 47.1 Å². The van der Waals surface area contributed by atoms with Gasteiger partial charge in [0.25, 0.3) is 11.1 Å². The molecule has 53 heavy (non-hydrogen) atoms. The highest BCUT2D eigenvalue weighted by Crippen LogP contribution is 2.55. The van der Waals surface area contributed by atoms with Gasteiger partial charge in [-0.15, -0.1) is 0 Å². The van der Waals surface area contributed by atoms with Crippen molar-refractivity contribution in [2.24, 2.45) is 0 Å². The Bertz CT molecular complexity index is 2240. The van der Waals surface area contributed by atoms with Crippen LogP contribution in [-0.2, 0) is 41.2 Å². The molecule has 6 unspecified atom stereocenters. The van der Waals surface area contributed by atoms with Gasteiger partial charge in [-0.05, 0) is 0 Å². The molecule has 6 heterocycles. The second kappa shape index (κ2) is 15.9. The van der Waals surface area contributed by atoms with Crippen LogP contribution in [-0.4, -0.2) is 112 Å². The molecule has 4 aromatic rings. The first-order chi connectivity index (χ1) is 25.4. The molecule has 23 nitrogen and oxygen atoms in total. The molecule has 284 valence electrons. The van der Waals surface area contributed by atoms with E-state index in [1.165, 1.54) is 0 Å². The van der Waals surface area contributed by atoms with E-state index in [1.807, 2.05) is 0 Å². The molecule has 2 saturated heterocycles. The minimum Gasteiger partial charge on any atom is -0.394 e. The summed E-state index contributed by atoms with van der Waals surface area (Å²) in [5.41, 5.74) is -1.92. The number of ether oxygens (including phenoxy) is 2. The maximum atomic E-state index is 16.2. The second-order valence-electron chi connectivity index (χ2n) is 11.1. The van der Waals surface area contributed by atoms with Gasteiger partial charge in [0.2, 0.25) is 0 Å². The zero-order valence-corrected chi connectivity index (χ0v) is 28.6. The van der Waals surface area contributed by atoms with E-state index < -0.39 is 102 Å². The summed E-state index contributed by atoms with van der Waals surface area (Å²) in [4.78, 5) is 55.0. The summed E-state index contributed by atoms with van der Waals surface area (Å²) in [7, 11) is -10.2. The van der Waals surface area contributed by atoms with Gasteiger partial charge in [0.1, 0.15) is 24.4 Å². The smallest absolute Gasteiger partial charge is 0.394 e. The number of H-pyrrole nitrogens is 2. The van der Waals surface area contributed by atoms with Crippen molar-refractivity contribution >= 4 is 38.0 Å². The third-order valence-electron chi connectivity index (χ3n) is 7.83. The molecule has 0 amide bonds. The average Bonchev–Trinajstić information content (AvgIpc) is 3.89. The van der Waals surface area contributed by atoms with Crippen molar-refractivity contribution < 1.29 is 60.0 Å². The van der Waals surface area contributed by atoms with Crippen LogP contribution in [0.5, 0.6) is 0 Å². The van der Waals surface area contributed by atoms with Gasteiger partial charge in [-0.1, -0.05) is 0 Å². The molecule has 10 atom stereocenters. The second-order valence-corrected chi connectivity index (χ2v) is 14.2. The Morgan fingerprint density at radius 3 is 1.85 bits per heavy atom. The summed E-state index contributed by atoms with van der Waals surface area (Å²) in [6, 6.07) is 3.43. The standard InChI is InChI=1S/C26H28F2N10O13P2/c27-15-19(13(7-39)48-25(15)37-11-35-17-21(37)31-9-33-23(17)40)51-53(44,46-6-2-4-30)47-8-14-20(50-52(42,43)45-5-1-3-29)16(28)26(49-14)38-12-36-18-22(38)32-10-34-24(18)41/h9-16,19-20,25-26,39H,1-2,5-8H2,(H,42,43)(H,31,33,40)(H,32,34,41)/t13?,14?,15-,16-,19-,20-,25?,26?,53?/m1/s1. The van der Waals surface area contributed by atoms with Crippen molar-refractivity contribution in [1.29, 1.82) is 10.5 Å². The molecule has 27 heteroatoms. The molecule has 2 aliphatic heterocycles. The minimum absolute atomic E-state index is 0.0912. The number of nitrogens with one attached hydrogen (secondary N) is 2. The van der Waals surface area contributed by atoms with Crippen LogP contribution in [0.1, 0.15) is 25.3 Å². The minimum atomic E-state index is -5.11. The average molecular weight is 789 g/mol. The number of rotatable bonds is 16. The maximum absolute atomic E-state index is 16.2. The van der Waals surface area contributed by atoms with E-state index in [9.17, 15) is 28.7 Å². The number of fused-ring (bicyclic) bond motifs is 2. The molecule has 0 radical (unpaired) electrons. The van der Waals surface area contributed by atoms with E-state index in [1.54, 1.807) is 12.1 Å². The molecule has 4 N–H and O–H groups in total. The zero-order chi connectivity index (χ0) is 37.9. The number of aromatic amines is 2. The van der Waals surface area contributed by atoms with E-state index in [2.05, 4.69) is 29.9 Å². The van der Waals surface area contributed by atoms with E-state index >= 15 is 8.78 Å². The molecular weight excluding hydrogens is 760 g/mol. The van der Waals surface area contributed by atoms with Crippen LogP contribution >= 0.6 is 15.6 Å². The van der Waals surface area contributed by atoms with Crippen LogP contribution in [0.25, 0.3) is 22.3 Å². The van der Waals surface area contributed by atoms with Gasteiger partial charge >= 0.3 is 15.6 Å². The Kier molecular flexibility index (Phi) is 11.5. The van der Waals surface area contributed by atoms with E-state index in [0.29, 0.717) is 0 Å². The summed E-state index contributed by atoms with van der Waals surface area (Å²) in [6.45, 7) is -3.07. The van der Waals surface area contributed by atoms with Crippen LogP contribution in [0.4, 0.5) is 8.78 Å². The predicted octanol–water partition coefficient (Wildman–Crippen LogP) is 0.572. The van der Waals surface area contributed by atoms with Crippen LogP contribution in [0.15, 0.2) is 34.9 Å². The Hall–Kier alpha value is -4.36. The monoisotopic (exact) mass is 788 g/mol. The number of aromatic nitrogens is 8. The third-order valence-corrected chi connectivity index (χ3v) is 10.3. The fourth-order valence-electron chi connectivity index (χ4n) is 5.47. The molecular formula is C26H28F2N10O13P2. The van der Waals surface area contributed by atoms with E-state index in [-0.39, 0.29) is 35.2 Å². The molecule has 0 aliphatic carbocycles. The molecule has 0 saturated carbocycles. The fraction of sp³-hybridized carbons (Fsp3) is 0.538.